The third kappa shape index (κ3) is 1.80. The van der Waals surface area contributed by atoms with Gasteiger partial charge in [-0.1, -0.05) is 29.8 Å². The average Bonchev–Trinajstić information content (AvgIpc) is 2.30. The highest BCUT2D eigenvalue weighted by Gasteiger charge is 2.07. The minimum atomic E-state index is 0.659. The Labute approximate surface area is 95.2 Å². The first-order valence-electron chi connectivity index (χ1n) is 5.15. The van der Waals surface area contributed by atoms with Crippen molar-refractivity contribution < 1.29 is 0 Å². The number of hydrogen-bond donors (Lipinski definition) is 0. The second kappa shape index (κ2) is 4.16. The van der Waals surface area contributed by atoms with E-state index >= 15 is 0 Å². The second-order valence-corrected chi connectivity index (χ2v) is 3.80. The fourth-order valence-electron chi connectivity index (χ4n) is 1.68. The van der Waals surface area contributed by atoms with E-state index in [9.17, 15) is 0 Å². The largest absolute Gasteiger partial charge is 0.260 e. The van der Waals surface area contributed by atoms with Crippen molar-refractivity contribution in [3.63, 3.8) is 0 Å². The first kappa shape index (κ1) is 10.4. The minimum absolute atomic E-state index is 0.659. The molecule has 0 saturated carbocycles. The Morgan fingerprint density at radius 2 is 1.75 bits per heavy atom. The molecule has 0 bridgehead atoms. The van der Waals surface area contributed by atoms with Crippen LogP contribution in [0.2, 0.25) is 0 Å². The molecule has 0 spiro atoms. The van der Waals surface area contributed by atoms with Gasteiger partial charge in [0.2, 0.25) is 0 Å². The molecule has 1 heterocycles. The Kier molecular flexibility index (Phi) is 2.70. The van der Waals surface area contributed by atoms with Crippen LogP contribution < -0.4 is 0 Å². The monoisotopic (exact) mass is 208 g/mol. The number of rotatable bonds is 1. The Morgan fingerprint density at radius 1 is 1.06 bits per heavy atom. The quantitative estimate of drug-likeness (QED) is 0.721. The lowest BCUT2D eigenvalue weighted by atomic mass is 9.99. The van der Waals surface area contributed by atoms with Gasteiger partial charge < -0.3 is 0 Å². The summed E-state index contributed by atoms with van der Waals surface area (Å²) in [5.74, 6) is 0. The lowest BCUT2D eigenvalue weighted by molar-refractivity contribution is 1.18. The molecule has 0 fully saturated rings. The predicted octanol–water partition coefficient (Wildman–Crippen LogP) is 3.24. The van der Waals surface area contributed by atoms with Crippen molar-refractivity contribution in [1.82, 2.24) is 4.98 Å². The average molecular weight is 208 g/mol. The SMILES string of the molecule is Cc1ccc(-c2ccnc(C)c2C#N)cc1. The maximum Gasteiger partial charge on any atom is 0.102 e. The first-order chi connectivity index (χ1) is 7.72. The summed E-state index contributed by atoms with van der Waals surface area (Å²) >= 11 is 0. The Morgan fingerprint density at radius 3 is 2.38 bits per heavy atom. The van der Waals surface area contributed by atoms with Crippen LogP contribution in [0, 0.1) is 25.2 Å². The highest BCUT2D eigenvalue weighted by Crippen LogP contribution is 2.24. The topological polar surface area (TPSA) is 36.7 Å². The summed E-state index contributed by atoms with van der Waals surface area (Å²) in [7, 11) is 0. The molecule has 2 nitrogen and oxygen atoms in total. The van der Waals surface area contributed by atoms with Gasteiger partial charge in [0.1, 0.15) is 6.07 Å². The molecule has 0 unspecified atom stereocenters. The maximum atomic E-state index is 9.13. The van der Waals surface area contributed by atoms with Crippen molar-refractivity contribution in [2.24, 2.45) is 0 Å². The van der Waals surface area contributed by atoms with Gasteiger partial charge >= 0.3 is 0 Å². The van der Waals surface area contributed by atoms with E-state index in [1.54, 1.807) is 6.20 Å². The Balaban J connectivity index is 2.61. The van der Waals surface area contributed by atoms with Crippen molar-refractivity contribution in [3.05, 3.63) is 53.3 Å². The minimum Gasteiger partial charge on any atom is -0.260 e. The molecule has 2 heteroatoms. The van der Waals surface area contributed by atoms with E-state index in [1.807, 2.05) is 44.2 Å². The van der Waals surface area contributed by atoms with E-state index in [2.05, 4.69) is 11.1 Å². The zero-order valence-corrected chi connectivity index (χ0v) is 9.36. The number of hydrogen-bond acceptors (Lipinski definition) is 2. The van der Waals surface area contributed by atoms with Gasteiger partial charge in [0.05, 0.1) is 11.3 Å². The molecule has 0 aliphatic rings. The summed E-state index contributed by atoms with van der Waals surface area (Å²) < 4.78 is 0. The fourth-order valence-corrected chi connectivity index (χ4v) is 1.68. The summed E-state index contributed by atoms with van der Waals surface area (Å²) in [6, 6.07) is 12.3. The van der Waals surface area contributed by atoms with Gasteiger partial charge in [-0.25, -0.2) is 0 Å². The van der Waals surface area contributed by atoms with Crippen LogP contribution in [0.25, 0.3) is 11.1 Å². The van der Waals surface area contributed by atoms with E-state index in [4.69, 9.17) is 5.26 Å². The Bertz CT molecular complexity index is 548. The molecule has 0 atom stereocenters. The molecule has 2 aromatic rings. The molecular formula is C14H12N2. The van der Waals surface area contributed by atoms with Crippen LogP contribution in [-0.2, 0) is 0 Å². The lowest BCUT2D eigenvalue weighted by Crippen LogP contribution is -1.91. The van der Waals surface area contributed by atoms with Crippen molar-refractivity contribution in [3.8, 4) is 17.2 Å². The molecule has 78 valence electrons. The summed E-state index contributed by atoms with van der Waals surface area (Å²) in [6.07, 6.45) is 1.74. The van der Waals surface area contributed by atoms with Crippen molar-refractivity contribution in [1.29, 1.82) is 5.26 Å². The number of nitrogens with zero attached hydrogens (tertiary/aromatic N) is 2. The van der Waals surface area contributed by atoms with Gasteiger partial charge in [0, 0.05) is 11.8 Å². The Hall–Kier alpha value is -2.14. The summed E-state index contributed by atoms with van der Waals surface area (Å²) in [5.41, 5.74) is 4.67. The molecule has 0 aliphatic carbocycles. The predicted molar refractivity (Wildman–Crippen MR) is 63.9 cm³/mol. The third-order valence-electron chi connectivity index (χ3n) is 2.61. The third-order valence-corrected chi connectivity index (χ3v) is 2.61. The molecule has 1 aromatic carbocycles. The molecule has 16 heavy (non-hydrogen) atoms. The van der Waals surface area contributed by atoms with Crippen molar-refractivity contribution in [2.75, 3.05) is 0 Å². The number of pyridine rings is 1. The van der Waals surface area contributed by atoms with Crippen LogP contribution in [0.1, 0.15) is 16.8 Å². The second-order valence-electron chi connectivity index (χ2n) is 3.80. The zero-order chi connectivity index (χ0) is 11.5. The van der Waals surface area contributed by atoms with Crippen LogP contribution in [0.3, 0.4) is 0 Å². The zero-order valence-electron chi connectivity index (χ0n) is 9.36. The van der Waals surface area contributed by atoms with Gasteiger partial charge in [0.25, 0.3) is 0 Å². The lowest BCUT2D eigenvalue weighted by Gasteiger charge is -2.06. The normalized spacial score (nSPS) is 9.81. The highest BCUT2D eigenvalue weighted by atomic mass is 14.7. The van der Waals surface area contributed by atoms with Gasteiger partial charge in [-0.15, -0.1) is 0 Å². The van der Waals surface area contributed by atoms with Gasteiger partial charge in [-0.2, -0.15) is 5.26 Å². The van der Waals surface area contributed by atoms with Crippen molar-refractivity contribution >= 4 is 0 Å². The van der Waals surface area contributed by atoms with Crippen LogP contribution in [-0.4, -0.2) is 4.98 Å². The van der Waals surface area contributed by atoms with E-state index in [0.29, 0.717) is 5.56 Å². The molecule has 0 radical (unpaired) electrons. The smallest absolute Gasteiger partial charge is 0.102 e. The molecule has 0 amide bonds. The van der Waals surface area contributed by atoms with E-state index < -0.39 is 0 Å². The van der Waals surface area contributed by atoms with Crippen LogP contribution in [0.15, 0.2) is 36.5 Å². The van der Waals surface area contributed by atoms with Gasteiger partial charge in [-0.05, 0) is 25.5 Å². The summed E-state index contributed by atoms with van der Waals surface area (Å²) in [6.45, 7) is 3.91. The summed E-state index contributed by atoms with van der Waals surface area (Å²) in [4.78, 5) is 4.13. The molecule has 0 aliphatic heterocycles. The first-order valence-corrected chi connectivity index (χ1v) is 5.15. The summed E-state index contributed by atoms with van der Waals surface area (Å²) in [5, 5.41) is 9.13. The molecule has 1 aromatic heterocycles. The van der Waals surface area contributed by atoms with Crippen LogP contribution >= 0.6 is 0 Å². The number of nitriles is 1. The molecule has 0 saturated heterocycles. The standard InChI is InChI=1S/C14H12N2/c1-10-3-5-12(6-4-10)13-7-8-16-11(2)14(13)9-15/h3-8H,1-2H3. The van der Waals surface area contributed by atoms with Crippen molar-refractivity contribution in [2.45, 2.75) is 13.8 Å². The molecule has 0 N–H and O–H groups in total. The van der Waals surface area contributed by atoms with Gasteiger partial charge in [0.15, 0.2) is 0 Å². The number of benzene rings is 1. The van der Waals surface area contributed by atoms with E-state index in [-0.39, 0.29) is 0 Å². The molecular weight excluding hydrogens is 196 g/mol. The fraction of sp³-hybridized carbons (Fsp3) is 0.143. The molecule has 2 rings (SSSR count). The van der Waals surface area contributed by atoms with E-state index in [1.165, 1.54) is 5.56 Å². The highest BCUT2D eigenvalue weighted by molar-refractivity contribution is 5.71. The number of aromatic nitrogens is 1. The van der Waals surface area contributed by atoms with E-state index in [0.717, 1.165) is 16.8 Å². The van der Waals surface area contributed by atoms with Gasteiger partial charge in [-0.3, -0.25) is 4.98 Å². The number of aryl methyl sites for hydroxylation is 2. The van der Waals surface area contributed by atoms with Crippen LogP contribution in [0.5, 0.6) is 0 Å². The van der Waals surface area contributed by atoms with Crippen LogP contribution in [0.4, 0.5) is 0 Å². The maximum absolute atomic E-state index is 9.13.